The van der Waals surface area contributed by atoms with Crippen molar-refractivity contribution in [1.29, 1.82) is 0 Å². The third-order valence-corrected chi connectivity index (χ3v) is 3.18. The molecule has 3 rings (SSSR count). The van der Waals surface area contributed by atoms with E-state index in [-0.39, 0.29) is 5.60 Å². The van der Waals surface area contributed by atoms with Crippen molar-refractivity contribution >= 4 is 22.7 Å². The Bertz CT molecular complexity index is 782. The summed E-state index contributed by atoms with van der Waals surface area (Å²) in [6.45, 7) is 8.18. The molecule has 0 radical (unpaired) electrons. The zero-order chi connectivity index (χ0) is 15.7. The molecule has 114 valence electrons. The van der Waals surface area contributed by atoms with Crippen molar-refractivity contribution < 1.29 is 4.74 Å². The van der Waals surface area contributed by atoms with Gasteiger partial charge in [0.1, 0.15) is 11.4 Å². The lowest BCUT2D eigenvalue weighted by atomic mass is 10.2. The lowest BCUT2D eigenvalue weighted by molar-refractivity contribution is 0.131. The van der Waals surface area contributed by atoms with Crippen molar-refractivity contribution in [2.75, 3.05) is 5.32 Å². The fourth-order valence-corrected chi connectivity index (χ4v) is 2.28. The largest absolute Gasteiger partial charge is 0.488 e. The van der Waals surface area contributed by atoms with E-state index in [2.05, 4.69) is 34.3 Å². The van der Waals surface area contributed by atoms with Gasteiger partial charge in [0.05, 0.1) is 11.0 Å². The number of rotatable bonds is 3. The topological polar surface area (TPSA) is 49.9 Å². The maximum absolute atomic E-state index is 5.82. The molecule has 2 N–H and O–H groups in total. The molecule has 4 nitrogen and oxygen atoms in total. The molecule has 0 saturated carbocycles. The smallest absolute Gasteiger partial charge is 0.205 e. The first kappa shape index (κ1) is 14.4. The molecule has 0 unspecified atom stereocenters. The van der Waals surface area contributed by atoms with E-state index in [0.29, 0.717) is 0 Å². The van der Waals surface area contributed by atoms with Crippen LogP contribution < -0.4 is 10.1 Å². The van der Waals surface area contributed by atoms with Crippen LogP contribution in [0, 0.1) is 6.92 Å². The highest BCUT2D eigenvalue weighted by Crippen LogP contribution is 2.23. The minimum absolute atomic E-state index is 0.189. The first-order valence-corrected chi connectivity index (χ1v) is 7.41. The molecular formula is C18H21N3O. The maximum Gasteiger partial charge on any atom is 0.205 e. The van der Waals surface area contributed by atoms with Crippen molar-refractivity contribution in [2.45, 2.75) is 33.3 Å². The minimum atomic E-state index is -0.189. The van der Waals surface area contributed by atoms with E-state index < -0.39 is 0 Å². The molecule has 0 fully saturated rings. The van der Waals surface area contributed by atoms with E-state index in [1.165, 1.54) is 5.56 Å². The first-order valence-electron chi connectivity index (χ1n) is 7.41. The Morgan fingerprint density at radius 2 is 1.77 bits per heavy atom. The van der Waals surface area contributed by atoms with Crippen LogP contribution in [-0.2, 0) is 0 Å². The molecule has 2 aromatic carbocycles. The van der Waals surface area contributed by atoms with Crippen molar-refractivity contribution in [3.63, 3.8) is 0 Å². The van der Waals surface area contributed by atoms with Crippen LogP contribution in [0.15, 0.2) is 42.5 Å². The molecule has 0 saturated heterocycles. The summed E-state index contributed by atoms with van der Waals surface area (Å²) >= 11 is 0. The number of hydrogen-bond acceptors (Lipinski definition) is 3. The Labute approximate surface area is 130 Å². The summed E-state index contributed by atoms with van der Waals surface area (Å²) in [6, 6.07) is 14.1. The lowest BCUT2D eigenvalue weighted by Gasteiger charge is -2.21. The molecule has 22 heavy (non-hydrogen) atoms. The number of hydrogen-bond donors (Lipinski definition) is 2. The predicted octanol–water partition coefficient (Wildman–Crippen LogP) is 4.79. The summed E-state index contributed by atoms with van der Waals surface area (Å²) in [5.74, 6) is 1.60. The lowest BCUT2D eigenvalue weighted by Crippen LogP contribution is -2.22. The summed E-state index contributed by atoms with van der Waals surface area (Å²) in [6.07, 6.45) is 0. The SMILES string of the molecule is Cc1ccc2nc(Nc3ccc(OC(C)(C)C)cc3)[nH]c2c1. The second kappa shape index (κ2) is 5.37. The molecule has 0 spiro atoms. The Balaban J connectivity index is 1.77. The van der Waals surface area contributed by atoms with E-state index in [9.17, 15) is 0 Å². The van der Waals surface area contributed by atoms with Gasteiger partial charge in [-0.1, -0.05) is 6.07 Å². The third kappa shape index (κ3) is 3.39. The van der Waals surface area contributed by atoms with Gasteiger partial charge in [-0.05, 0) is 69.7 Å². The average Bonchev–Trinajstić information content (AvgIpc) is 2.80. The van der Waals surface area contributed by atoms with Gasteiger partial charge in [0.25, 0.3) is 0 Å². The minimum Gasteiger partial charge on any atom is -0.488 e. The van der Waals surface area contributed by atoms with Gasteiger partial charge in [-0.25, -0.2) is 4.98 Å². The fraction of sp³-hybridized carbons (Fsp3) is 0.278. The molecule has 1 heterocycles. The highest BCUT2D eigenvalue weighted by molar-refractivity contribution is 5.79. The summed E-state index contributed by atoms with van der Waals surface area (Å²) < 4.78 is 5.82. The normalized spacial score (nSPS) is 11.6. The van der Waals surface area contributed by atoms with Gasteiger partial charge in [-0.15, -0.1) is 0 Å². The number of aromatic amines is 1. The summed E-state index contributed by atoms with van der Waals surface area (Å²) in [5, 5.41) is 3.28. The number of aromatic nitrogens is 2. The fourth-order valence-electron chi connectivity index (χ4n) is 2.28. The first-order chi connectivity index (χ1) is 10.4. The standard InChI is InChI=1S/C18H21N3O/c1-12-5-10-15-16(11-12)21-17(20-15)19-13-6-8-14(9-7-13)22-18(2,3)4/h5-11H,1-4H3,(H2,19,20,21). The van der Waals surface area contributed by atoms with Gasteiger partial charge in [0, 0.05) is 5.69 Å². The number of imidazole rings is 1. The van der Waals surface area contributed by atoms with E-state index in [1.54, 1.807) is 0 Å². The predicted molar refractivity (Wildman–Crippen MR) is 90.9 cm³/mol. The monoisotopic (exact) mass is 295 g/mol. The van der Waals surface area contributed by atoms with Crippen LogP contribution in [0.5, 0.6) is 5.75 Å². The number of anilines is 2. The van der Waals surface area contributed by atoms with Crippen LogP contribution in [-0.4, -0.2) is 15.6 Å². The molecule has 0 aliphatic carbocycles. The van der Waals surface area contributed by atoms with Gasteiger partial charge in [-0.3, -0.25) is 0 Å². The Morgan fingerprint density at radius 1 is 1.05 bits per heavy atom. The van der Waals surface area contributed by atoms with E-state index in [4.69, 9.17) is 4.74 Å². The second-order valence-electron chi connectivity index (χ2n) is 6.47. The van der Waals surface area contributed by atoms with Crippen LogP contribution in [0.1, 0.15) is 26.3 Å². The van der Waals surface area contributed by atoms with Crippen LogP contribution >= 0.6 is 0 Å². The quantitative estimate of drug-likeness (QED) is 0.730. The van der Waals surface area contributed by atoms with E-state index in [1.807, 2.05) is 51.1 Å². The molecule has 0 bridgehead atoms. The Morgan fingerprint density at radius 3 is 2.45 bits per heavy atom. The molecule has 0 atom stereocenters. The van der Waals surface area contributed by atoms with Gasteiger partial charge >= 0.3 is 0 Å². The molecule has 0 aliphatic rings. The summed E-state index contributed by atoms with van der Waals surface area (Å²) in [5.41, 5.74) is 3.99. The molecule has 3 aromatic rings. The molecule has 1 aromatic heterocycles. The number of nitrogens with one attached hydrogen (secondary N) is 2. The van der Waals surface area contributed by atoms with Crippen molar-refractivity contribution in [1.82, 2.24) is 9.97 Å². The Hall–Kier alpha value is -2.49. The highest BCUT2D eigenvalue weighted by Gasteiger charge is 2.11. The highest BCUT2D eigenvalue weighted by atomic mass is 16.5. The summed E-state index contributed by atoms with van der Waals surface area (Å²) in [7, 11) is 0. The van der Waals surface area contributed by atoms with Gasteiger partial charge < -0.3 is 15.0 Å². The van der Waals surface area contributed by atoms with Gasteiger partial charge in [0.15, 0.2) is 0 Å². The number of nitrogens with zero attached hydrogens (tertiary/aromatic N) is 1. The number of fused-ring (bicyclic) bond motifs is 1. The molecule has 0 aliphatic heterocycles. The van der Waals surface area contributed by atoms with Crippen molar-refractivity contribution in [2.24, 2.45) is 0 Å². The van der Waals surface area contributed by atoms with E-state index >= 15 is 0 Å². The Kier molecular flexibility index (Phi) is 3.53. The van der Waals surface area contributed by atoms with Crippen LogP contribution in [0.25, 0.3) is 11.0 Å². The summed E-state index contributed by atoms with van der Waals surface area (Å²) in [4.78, 5) is 7.82. The van der Waals surface area contributed by atoms with Crippen LogP contribution in [0.3, 0.4) is 0 Å². The third-order valence-electron chi connectivity index (χ3n) is 3.18. The van der Waals surface area contributed by atoms with E-state index in [0.717, 1.165) is 28.4 Å². The molecular weight excluding hydrogens is 274 g/mol. The van der Waals surface area contributed by atoms with Gasteiger partial charge in [-0.2, -0.15) is 0 Å². The van der Waals surface area contributed by atoms with Crippen LogP contribution in [0.2, 0.25) is 0 Å². The zero-order valence-corrected chi connectivity index (χ0v) is 13.4. The molecule has 4 heteroatoms. The van der Waals surface area contributed by atoms with Gasteiger partial charge in [0.2, 0.25) is 5.95 Å². The number of benzene rings is 2. The van der Waals surface area contributed by atoms with Crippen LogP contribution in [0.4, 0.5) is 11.6 Å². The number of aryl methyl sites for hydroxylation is 1. The second-order valence-corrected chi connectivity index (χ2v) is 6.47. The average molecular weight is 295 g/mol. The van der Waals surface area contributed by atoms with Crippen molar-refractivity contribution in [3.05, 3.63) is 48.0 Å². The van der Waals surface area contributed by atoms with Crippen molar-refractivity contribution in [3.8, 4) is 5.75 Å². The molecule has 0 amide bonds. The maximum atomic E-state index is 5.82. The zero-order valence-electron chi connectivity index (χ0n) is 13.4. The number of ether oxygens (including phenoxy) is 1. The number of H-pyrrole nitrogens is 1.